The van der Waals surface area contributed by atoms with Gasteiger partial charge in [0.15, 0.2) is 5.82 Å². The van der Waals surface area contributed by atoms with Gasteiger partial charge in [0, 0.05) is 11.4 Å². The molecule has 6 nitrogen and oxygen atoms in total. The Balaban J connectivity index is 1.71. The molecule has 26 heavy (non-hydrogen) atoms. The summed E-state index contributed by atoms with van der Waals surface area (Å²) < 4.78 is 5.65. The number of hydrogen-bond donors (Lipinski definition) is 2. The van der Waals surface area contributed by atoms with Crippen molar-refractivity contribution in [2.45, 2.75) is 33.3 Å². The van der Waals surface area contributed by atoms with Crippen LogP contribution in [0.3, 0.4) is 0 Å². The topological polar surface area (TPSA) is 72.0 Å². The van der Waals surface area contributed by atoms with Gasteiger partial charge in [0.25, 0.3) is 0 Å². The Labute approximate surface area is 153 Å². The summed E-state index contributed by atoms with van der Waals surface area (Å²) in [7, 11) is 0. The highest BCUT2D eigenvalue weighted by Crippen LogP contribution is 2.22. The highest BCUT2D eigenvalue weighted by atomic mass is 16.5. The van der Waals surface area contributed by atoms with Crippen LogP contribution in [0.25, 0.3) is 0 Å². The second-order valence-electron chi connectivity index (χ2n) is 6.12. The molecule has 3 aromatic rings. The lowest BCUT2D eigenvalue weighted by atomic mass is 10.1. The van der Waals surface area contributed by atoms with Gasteiger partial charge in [-0.3, -0.25) is 0 Å². The van der Waals surface area contributed by atoms with Crippen molar-refractivity contribution >= 4 is 23.1 Å². The van der Waals surface area contributed by atoms with E-state index in [-0.39, 0.29) is 6.10 Å². The fraction of sp³-hybridized carbons (Fsp3) is 0.250. The van der Waals surface area contributed by atoms with Gasteiger partial charge in [-0.25, -0.2) is 0 Å². The predicted octanol–water partition coefficient (Wildman–Crippen LogP) is 4.71. The standard InChI is InChI=1S/C20H23N5O/c1-4-15-7-5-6-8-18(15)23-20-24-19(13-21-25-20)22-16-9-11-17(12-10-16)26-14(2)3/h5-14H,4H2,1-3H3,(H2,22,23,24,25). The summed E-state index contributed by atoms with van der Waals surface area (Å²) in [5.41, 5.74) is 3.10. The van der Waals surface area contributed by atoms with Crippen molar-refractivity contribution in [1.29, 1.82) is 0 Å². The van der Waals surface area contributed by atoms with Crippen molar-refractivity contribution in [3.63, 3.8) is 0 Å². The van der Waals surface area contributed by atoms with Crippen LogP contribution in [0.5, 0.6) is 5.75 Å². The second-order valence-corrected chi connectivity index (χ2v) is 6.12. The molecule has 0 unspecified atom stereocenters. The number of ether oxygens (including phenoxy) is 1. The quantitative estimate of drug-likeness (QED) is 0.644. The lowest BCUT2D eigenvalue weighted by Gasteiger charge is -2.12. The Morgan fingerprint density at radius 2 is 1.77 bits per heavy atom. The Morgan fingerprint density at radius 3 is 2.50 bits per heavy atom. The number of para-hydroxylation sites is 1. The minimum absolute atomic E-state index is 0.152. The number of aryl methyl sites for hydroxylation is 1. The number of benzene rings is 2. The zero-order chi connectivity index (χ0) is 18.4. The maximum Gasteiger partial charge on any atom is 0.249 e. The van der Waals surface area contributed by atoms with Crippen LogP contribution in [0.15, 0.2) is 54.7 Å². The van der Waals surface area contributed by atoms with E-state index in [1.807, 2.05) is 56.3 Å². The van der Waals surface area contributed by atoms with Crippen LogP contribution >= 0.6 is 0 Å². The summed E-state index contributed by atoms with van der Waals surface area (Å²) in [6, 6.07) is 15.8. The van der Waals surface area contributed by atoms with E-state index in [1.165, 1.54) is 5.56 Å². The van der Waals surface area contributed by atoms with Gasteiger partial charge in [-0.1, -0.05) is 25.1 Å². The minimum atomic E-state index is 0.152. The average molecular weight is 349 g/mol. The first-order valence-electron chi connectivity index (χ1n) is 8.72. The number of aromatic nitrogens is 3. The lowest BCUT2D eigenvalue weighted by molar-refractivity contribution is 0.242. The number of nitrogens with one attached hydrogen (secondary N) is 2. The molecule has 0 amide bonds. The zero-order valence-electron chi connectivity index (χ0n) is 15.2. The zero-order valence-corrected chi connectivity index (χ0v) is 15.2. The third-order valence-corrected chi connectivity index (χ3v) is 3.70. The molecule has 0 radical (unpaired) electrons. The van der Waals surface area contributed by atoms with E-state index in [1.54, 1.807) is 6.20 Å². The molecule has 2 N–H and O–H groups in total. The maximum absolute atomic E-state index is 5.65. The number of nitrogens with zero attached hydrogens (tertiary/aromatic N) is 3. The summed E-state index contributed by atoms with van der Waals surface area (Å²) in [6.07, 6.45) is 2.67. The molecule has 134 valence electrons. The van der Waals surface area contributed by atoms with Gasteiger partial charge in [0.1, 0.15) is 5.75 Å². The molecule has 1 heterocycles. The van der Waals surface area contributed by atoms with Crippen LogP contribution in [0.4, 0.5) is 23.1 Å². The molecule has 3 rings (SSSR count). The van der Waals surface area contributed by atoms with Gasteiger partial charge in [-0.2, -0.15) is 10.1 Å². The van der Waals surface area contributed by atoms with E-state index < -0.39 is 0 Å². The number of hydrogen-bond acceptors (Lipinski definition) is 6. The van der Waals surface area contributed by atoms with E-state index in [9.17, 15) is 0 Å². The molecule has 0 aliphatic heterocycles. The van der Waals surface area contributed by atoms with Crippen LogP contribution < -0.4 is 15.4 Å². The molecule has 0 saturated heterocycles. The third kappa shape index (κ3) is 4.69. The molecule has 0 aliphatic carbocycles. The van der Waals surface area contributed by atoms with Crippen LogP contribution in [0.1, 0.15) is 26.3 Å². The van der Waals surface area contributed by atoms with Crippen molar-refractivity contribution in [3.05, 3.63) is 60.3 Å². The Bertz CT molecular complexity index is 849. The van der Waals surface area contributed by atoms with E-state index in [0.29, 0.717) is 11.8 Å². The van der Waals surface area contributed by atoms with Gasteiger partial charge < -0.3 is 15.4 Å². The third-order valence-electron chi connectivity index (χ3n) is 3.70. The van der Waals surface area contributed by atoms with Crippen molar-refractivity contribution in [2.24, 2.45) is 0 Å². The lowest BCUT2D eigenvalue weighted by Crippen LogP contribution is -2.05. The van der Waals surface area contributed by atoms with Crippen molar-refractivity contribution in [1.82, 2.24) is 15.2 Å². The van der Waals surface area contributed by atoms with E-state index in [4.69, 9.17) is 4.74 Å². The number of anilines is 4. The van der Waals surface area contributed by atoms with Crippen molar-refractivity contribution in [2.75, 3.05) is 10.6 Å². The highest BCUT2D eigenvalue weighted by Gasteiger charge is 2.05. The molecule has 0 bridgehead atoms. The van der Waals surface area contributed by atoms with Crippen molar-refractivity contribution < 1.29 is 4.74 Å². The molecule has 0 atom stereocenters. The largest absolute Gasteiger partial charge is 0.491 e. The molecular weight excluding hydrogens is 326 g/mol. The van der Waals surface area contributed by atoms with E-state index in [2.05, 4.69) is 38.8 Å². The minimum Gasteiger partial charge on any atom is -0.491 e. The average Bonchev–Trinajstić information content (AvgIpc) is 2.64. The van der Waals surface area contributed by atoms with Crippen LogP contribution in [-0.4, -0.2) is 21.3 Å². The molecule has 0 fully saturated rings. The fourth-order valence-electron chi connectivity index (χ4n) is 2.52. The molecule has 2 aromatic carbocycles. The maximum atomic E-state index is 5.65. The van der Waals surface area contributed by atoms with Crippen molar-refractivity contribution in [3.8, 4) is 5.75 Å². The molecule has 1 aromatic heterocycles. The normalized spacial score (nSPS) is 10.6. The summed E-state index contributed by atoms with van der Waals surface area (Å²) in [5.74, 6) is 1.91. The Kier molecular flexibility index (Phi) is 5.63. The first kappa shape index (κ1) is 17.7. The van der Waals surface area contributed by atoms with Crippen LogP contribution in [0, 0.1) is 0 Å². The van der Waals surface area contributed by atoms with Gasteiger partial charge in [-0.05, 0) is 56.2 Å². The van der Waals surface area contributed by atoms with E-state index in [0.717, 1.165) is 23.5 Å². The highest BCUT2D eigenvalue weighted by molar-refractivity contribution is 5.61. The van der Waals surface area contributed by atoms with Crippen LogP contribution in [-0.2, 0) is 6.42 Å². The smallest absolute Gasteiger partial charge is 0.249 e. The first-order valence-corrected chi connectivity index (χ1v) is 8.72. The predicted molar refractivity (Wildman–Crippen MR) is 104 cm³/mol. The van der Waals surface area contributed by atoms with Gasteiger partial charge in [0.2, 0.25) is 5.95 Å². The SMILES string of the molecule is CCc1ccccc1Nc1nncc(Nc2ccc(OC(C)C)cc2)n1. The molecule has 6 heteroatoms. The Morgan fingerprint density at radius 1 is 1.00 bits per heavy atom. The molecular formula is C20H23N5O. The summed E-state index contributed by atoms with van der Waals surface area (Å²) in [4.78, 5) is 4.48. The summed E-state index contributed by atoms with van der Waals surface area (Å²) >= 11 is 0. The first-order chi connectivity index (χ1) is 12.6. The number of rotatable bonds is 7. The molecule has 0 aliphatic rings. The second kappa shape index (κ2) is 8.29. The monoisotopic (exact) mass is 349 g/mol. The van der Waals surface area contributed by atoms with Gasteiger partial charge in [-0.15, -0.1) is 5.10 Å². The summed E-state index contributed by atoms with van der Waals surface area (Å²) in [6.45, 7) is 6.12. The van der Waals surface area contributed by atoms with Gasteiger partial charge in [0.05, 0.1) is 12.3 Å². The molecule has 0 spiro atoms. The van der Waals surface area contributed by atoms with Gasteiger partial charge >= 0.3 is 0 Å². The van der Waals surface area contributed by atoms with Crippen LogP contribution in [0.2, 0.25) is 0 Å². The Hall–Kier alpha value is -3.15. The fourth-order valence-corrected chi connectivity index (χ4v) is 2.52. The summed E-state index contributed by atoms with van der Waals surface area (Å²) in [5, 5.41) is 14.6. The van der Waals surface area contributed by atoms with E-state index >= 15 is 0 Å². The molecule has 0 saturated carbocycles.